The van der Waals surface area contributed by atoms with Crippen LogP contribution < -0.4 is 4.74 Å². The molecule has 25 heavy (non-hydrogen) atoms. The van der Waals surface area contributed by atoms with Crippen molar-refractivity contribution in [2.45, 2.75) is 18.2 Å². The lowest BCUT2D eigenvalue weighted by molar-refractivity contribution is 0.415. The van der Waals surface area contributed by atoms with E-state index in [0.717, 1.165) is 11.3 Å². The third-order valence-electron chi connectivity index (χ3n) is 3.56. The van der Waals surface area contributed by atoms with Gasteiger partial charge in [0.25, 0.3) is 10.0 Å². The molecule has 0 spiro atoms. The Labute approximate surface area is 149 Å². The second-order valence-electron chi connectivity index (χ2n) is 5.43. The fourth-order valence-corrected chi connectivity index (χ4v) is 3.33. The third kappa shape index (κ3) is 4.88. The Morgan fingerprint density at radius 1 is 1.12 bits per heavy atom. The van der Waals surface area contributed by atoms with Crippen LogP contribution in [0.15, 0.2) is 66.1 Å². The molecule has 0 unspecified atom stereocenters. The molecule has 4 nitrogen and oxygen atoms in total. The van der Waals surface area contributed by atoms with E-state index in [1.54, 1.807) is 61.7 Å². The molecule has 2 aromatic rings. The average Bonchev–Trinajstić information content (AvgIpc) is 2.62. The minimum Gasteiger partial charge on any atom is -0.497 e. The molecule has 0 aliphatic heterocycles. The minimum atomic E-state index is -3.69. The summed E-state index contributed by atoms with van der Waals surface area (Å²) in [6.45, 7) is 5.82. The topological polar surface area (TPSA) is 46.6 Å². The van der Waals surface area contributed by atoms with E-state index >= 15 is 0 Å². The van der Waals surface area contributed by atoms with Gasteiger partial charge < -0.3 is 4.74 Å². The number of sulfonamides is 1. The first-order chi connectivity index (χ1) is 12.0. The van der Waals surface area contributed by atoms with E-state index in [1.807, 2.05) is 6.92 Å². The standard InChI is InChI=1S/C20H21NO3S/c1-4-5-15-21(16-14-18-8-10-19(24-3)11-9-18)25(22,23)20-12-6-17(2)7-13-20/h4,6-13H,1,5,15H2,2-3H3. The summed E-state index contributed by atoms with van der Waals surface area (Å²) in [5, 5.41) is 0. The first-order valence-electron chi connectivity index (χ1n) is 7.83. The molecule has 2 aromatic carbocycles. The van der Waals surface area contributed by atoms with Crippen LogP contribution in [0.3, 0.4) is 0 Å². The van der Waals surface area contributed by atoms with E-state index in [9.17, 15) is 8.42 Å². The molecule has 0 aromatic heterocycles. The molecule has 0 bridgehead atoms. The van der Waals surface area contributed by atoms with Crippen molar-refractivity contribution < 1.29 is 13.2 Å². The molecule has 5 heteroatoms. The maximum absolute atomic E-state index is 12.8. The van der Waals surface area contributed by atoms with Crippen LogP contribution in [-0.2, 0) is 10.0 Å². The minimum absolute atomic E-state index is 0.228. The van der Waals surface area contributed by atoms with E-state index in [2.05, 4.69) is 18.5 Å². The molecular weight excluding hydrogens is 334 g/mol. The van der Waals surface area contributed by atoms with Crippen molar-refractivity contribution in [1.29, 1.82) is 0 Å². The van der Waals surface area contributed by atoms with E-state index in [0.29, 0.717) is 12.0 Å². The van der Waals surface area contributed by atoms with Crippen LogP contribution in [0.25, 0.3) is 0 Å². The fraction of sp³-hybridized carbons (Fsp3) is 0.200. The lowest BCUT2D eigenvalue weighted by Gasteiger charge is -2.17. The molecule has 0 radical (unpaired) electrons. The van der Waals surface area contributed by atoms with Crippen LogP contribution in [0, 0.1) is 18.9 Å². The van der Waals surface area contributed by atoms with Gasteiger partial charge in [0, 0.05) is 18.2 Å². The Morgan fingerprint density at radius 3 is 2.32 bits per heavy atom. The SMILES string of the molecule is C=CCCN(C#Cc1ccc(OC)cc1)S(=O)(=O)c1ccc(C)cc1. The van der Waals surface area contributed by atoms with Crippen molar-refractivity contribution in [2.24, 2.45) is 0 Å². The zero-order chi connectivity index (χ0) is 18.3. The van der Waals surface area contributed by atoms with Gasteiger partial charge in [-0.1, -0.05) is 23.8 Å². The van der Waals surface area contributed by atoms with Crippen molar-refractivity contribution in [1.82, 2.24) is 4.31 Å². The monoisotopic (exact) mass is 355 g/mol. The van der Waals surface area contributed by atoms with E-state index in [4.69, 9.17) is 4.74 Å². The number of nitrogens with zero attached hydrogens (tertiary/aromatic N) is 1. The summed E-state index contributed by atoms with van der Waals surface area (Å²) in [4.78, 5) is 0.228. The molecular formula is C20H21NO3S. The summed E-state index contributed by atoms with van der Waals surface area (Å²) >= 11 is 0. The van der Waals surface area contributed by atoms with Crippen LogP contribution >= 0.6 is 0 Å². The molecule has 0 amide bonds. The predicted molar refractivity (Wildman–Crippen MR) is 99.8 cm³/mol. The van der Waals surface area contributed by atoms with Gasteiger partial charge in [0.05, 0.1) is 12.0 Å². The number of hydrogen-bond acceptors (Lipinski definition) is 3. The molecule has 0 heterocycles. The van der Waals surface area contributed by atoms with E-state index < -0.39 is 10.0 Å². The van der Waals surface area contributed by atoms with Crippen molar-refractivity contribution >= 4 is 10.0 Å². The largest absolute Gasteiger partial charge is 0.497 e. The molecule has 0 saturated heterocycles. The fourth-order valence-electron chi connectivity index (χ4n) is 2.08. The van der Waals surface area contributed by atoms with Crippen LogP contribution in [0.5, 0.6) is 5.75 Å². The van der Waals surface area contributed by atoms with Gasteiger partial charge in [0.2, 0.25) is 0 Å². The number of rotatable bonds is 6. The maximum atomic E-state index is 12.8. The molecule has 130 valence electrons. The Hall–Kier alpha value is -2.71. The zero-order valence-electron chi connectivity index (χ0n) is 14.4. The van der Waals surface area contributed by atoms with E-state index in [-0.39, 0.29) is 11.4 Å². The summed E-state index contributed by atoms with van der Waals surface area (Å²) in [7, 11) is -2.10. The number of ether oxygens (including phenoxy) is 1. The molecule has 0 fully saturated rings. The van der Waals surface area contributed by atoms with Gasteiger partial charge in [-0.25, -0.2) is 12.7 Å². The summed E-state index contributed by atoms with van der Waals surface area (Å²) in [6.07, 6.45) is 2.19. The Balaban J connectivity index is 2.33. The van der Waals surface area contributed by atoms with Crippen molar-refractivity contribution in [3.05, 3.63) is 72.3 Å². The summed E-state index contributed by atoms with van der Waals surface area (Å²) in [6, 6.07) is 16.7. The van der Waals surface area contributed by atoms with Crippen molar-refractivity contribution in [3.8, 4) is 17.7 Å². The van der Waals surface area contributed by atoms with Crippen LogP contribution in [0.4, 0.5) is 0 Å². The first-order valence-corrected chi connectivity index (χ1v) is 9.27. The van der Waals surface area contributed by atoms with Crippen molar-refractivity contribution in [3.63, 3.8) is 0 Å². The van der Waals surface area contributed by atoms with Gasteiger partial charge in [-0.05, 0) is 55.7 Å². The number of benzene rings is 2. The van der Waals surface area contributed by atoms with Gasteiger partial charge >= 0.3 is 0 Å². The summed E-state index contributed by atoms with van der Waals surface area (Å²) in [5.74, 6) is 3.62. The van der Waals surface area contributed by atoms with E-state index in [1.165, 1.54) is 4.31 Å². The molecule has 0 atom stereocenters. The Bertz CT molecular complexity index is 873. The third-order valence-corrected chi connectivity index (χ3v) is 5.28. The van der Waals surface area contributed by atoms with Crippen LogP contribution in [-0.4, -0.2) is 26.4 Å². The zero-order valence-corrected chi connectivity index (χ0v) is 15.2. The summed E-state index contributed by atoms with van der Waals surface area (Å²) in [5.41, 5.74) is 1.71. The van der Waals surface area contributed by atoms with Crippen molar-refractivity contribution in [2.75, 3.05) is 13.7 Å². The number of aryl methyl sites for hydroxylation is 1. The highest BCUT2D eigenvalue weighted by Crippen LogP contribution is 2.17. The van der Waals surface area contributed by atoms with Gasteiger partial charge in [0.1, 0.15) is 5.75 Å². The van der Waals surface area contributed by atoms with Crippen LogP contribution in [0.1, 0.15) is 17.5 Å². The van der Waals surface area contributed by atoms with Gasteiger partial charge in [-0.15, -0.1) is 6.58 Å². The average molecular weight is 355 g/mol. The molecule has 0 N–H and O–H groups in total. The van der Waals surface area contributed by atoms with Gasteiger partial charge in [-0.3, -0.25) is 0 Å². The van der Waals surface area contributed by atoms with Crippen LogP contribution in [0.2, 0.25) is 0 Å². The van der Waals surface area contributed by atoms with Gasteiger partial charge in [0.15, 0.2) is 0 Å². The molecule has 0 aliphatic carbocycles. The number of hydrogen-bond donors (Lipinski definition) is 0. The quantitative estimate of drug-likeness (QED) is 0.452. The van der Waals surface area contributed by atoms with Gasteiger partial charge in [-0.2, -0.15) is 0 Å². The highest BCUT2D eigenvalue weighted by molar-refractivity contribution is 7.89. The number of methoxy groups -OCH3 is 1. The predicted octanol–water partition coefficient (Wildman–Crippen LogP) is 3.58. The lowest BCUT2D eigenvalue weighted by Crippen LogP contribution is -2.27. The second-order valence-corrected chi connectivity index (χ2v) is 7.30. The lowest BCUT2D eigenvalue weighted by atomic mass is 10.2. The normalized spacial score (nSPS) is 10.5. The highest BCUT2D eigenvalue weighted by atomic mass is 32.2. The smallest absolute Gasteiger partial charge is 0.270 e. The highest BCUT2D eigenvalue weighted by Gasteiger charge is 2.21. The maximum Gasteiger partial charge on any atom is 0.270 e. The molecule has 0 saturated carbocycles. The molecule has 0 aliphatic rings. The Kier molecular flexibility index (Phi) is 6.26. The summed E-state index contributed by atoms with van der Waals surface area (Å²) < 4.78 is 32.0. The molecule has 2 rings (SSSR count). The second kappa shape index (κ2) is 8.41. The first kappa shape index (κ1) is 18.6. The Morgan fingerprint density at radius 2 is 1.76 bits per heavy atom.